The van der Waals surface area contributed by atoms with Crippen molar-refractivity contribution in [2.45, 2.75) is 26.4 Å². The van der Waals surface area contributed by atoms with Gasteiger partial charge in [0.25, 0.3) is 0 Å². The molecule has 0 radical (unpaired) electrons. The molecule has 0 bridgehead atoms. The van der Waals surface area contributed by atoms with E-state index >= 15 is 0 Å². The quantitative estimate of drug-likeness (QED) is 0.794. The van der Waals surface area contributed by atoms with Gasteiger partial charge in [-0.15, -0.1) is 0 Å². The SMILES string of the molecule is CC(=O)Nc1cc(NC(=O)CC(O)c2ccccc2)ccc1C. The van der Waals surface area contributed by atoms with Gasteiger partial charge in [-0.3, -0.25) is 9.59 Å². The largest absolute Gasteiger partial charge is 0.388 e. The van der Waals surface area contributed by atoms with Gasteiger partial charge in [0.15, 0.2) is 0 Å². The standard InChI is InChI=1S/C18H20N2O3/c1-12-8-9-15(10-16(12)19-13(2)21)20-18(23)11-17(22)14-6-4-3-5-7-14/h3-10,17,22H,11H2,1-2H3,(H,19,21)(H,20,23). The van der Waals surface area contributed by atoms with E-state index in [4.69, 9.17) is 0 Å². The van der Waals surface area contributed by atoms with E-state index in [1.54, 1.807) is 24.3 Å². The Labute approximate surface area is 135 Å². The Hall–Kier alpha value is -2.66. The maximum Gasteiger partial charge on any atom is 0.227 e. The van der Waals surface area contributed by atoms with Crippen LogP contribution < -0.4 is 10.6 Å². The number of anilines is 2. The van der Waals surface area contributed by atoms with Crippen LogP contribution in [-0.2, 0) is 9.59 Å². The Balaban J connectivity index is 2.01. The highest BCUT2D eigenvalue weighted by molar-refractivity contribution is 5.94. The first-order chi connectivity index (χ1) is 11.0. The number of aryl methyl sites for hydroxylation is 1. The smallest absolute Gasteiger partial charge is 0.227 e. The molecule has 0 saturated carbocycles. The summed E-state index contributed by atoms with van der Waals surface area (Å²) in [5.74, 6) is -0.463. The van der Waals surface area contributed by atoms with Gasteiger partial charge >= 0.3 is 0 Å². The first kappa shape index (κ1) is 16.7. The van der Waals surface area contributed by atoms with Crippen molar-refractivity contribution >= 4 is 23.2 Å². The van der Waals surface area contributed by atoms with E-state index < -0.39 is 6.10 Å². The van der Waals surface area contributed by atoms with Crippen LogP contribution in [-0.4, -0.2) is 16.9 Å². The molecule has 2 amide bonds. The minimum atomic E-state index is -0.850. The van der Waals surface area contributed by atoms with Gasteiger partial charge in [0, 0.05) is 18.3 Å². The highest BCUT2D eigenvalue weighted by Gasteiger charge is 2.13. The van der Waals surface area contributed by atoms with Crippen molar-refractivity contribution in [3.63, 3.8) is 0 Å². The highest BCUT2D eigenvalue weighted by atomic mass is 16.3. The number of carbonyl (C=O) groups excluding carboxylic acids is 2. The molecule has 23 heavy (non-hydrogen) atoms. The topological polar surface area (TPSA) is 78.4 Å². The van der Waals surface area contributed by atoms with Crippen LogP contribution in [0, 0.1) is 6.92 Å². The summed E-state index contributed by atoms with van der Waals surface area (Å²) in [6.07, 6.45) is -0.885. The predicted molar refractivity (Wildman–Crippen MR) is 90.1 cm³/mol. The lowest BCUT2D eigenvalue weighted by Gasteiger charge is -2.13. The predicted octanol–water partition coefficient (Wildman–Crippen LogP) is 3.02. The van der Waals surface area contributed by atoms with Gasteiger partial charge in [0.2, 0.25) is 11.8 Å². The average molecular weight is 312 g/mol. The van der Waals surface area contributed by atoms with Crippen LogP contribution in [0.4, 0.5) is 11.4 Å². The number of aliphatic hydroxyl groups is 1. The Kier molecular flexibility index (Phi) is 5.49. The summed E-state index contributed by atoms with van der Waals surface area (Å²) < 4.78 is 0. The van der Waals surface area contributed by atoms with Crippen molar-refractivity contribution in [1.29, 1.82) is 0 Å². The molecule has 2 rings (SSSR count). The lowest BCUT2D eigenvalue weighted by Crippen LogP contribution is -2.16. The van der Waals surface area contributed by atoms with Crippen LogP contribution in [0.25, 0.3) is 0 Å². The molecule has 0 spiro atoms. The Morgan fingerprint density at radius 3 is 2.43 bits per heavy atom. The second kappa shape index (κ2) is 7.56. The van der Waals surface area contributed by atoms with Gasteiger partial charge in [-0.25, -0.2) is 0 Å². The number of carbonyl (C=O) groups is 2. The fourth-order valence-electron chi connectivity index (χ4n) is 2.20. The van der Waals surface area contributed by atoms with Gasteiger partial charge in [-0.05, 0) is 30.2 Å². The second-order valence-electron chi connectivity index (χ2n) is 5.39. The van der Waals surface area contributed by atoms with Crippen LogP contribution in [0.5, 0.6) is 0 Å². The number of hydrogen-bond acceptors (Lipinski definition) is 3. The fourth-order valence-corrected chi connectivity index (χ4v) is 2.20. The number of rotatable bonds is 5. The molecule has 0 aliphatic rings. The van der Waals surface area contributed by atoms with Gasteiger partial charge in [-0.2, -0.15) is 0 Å². The van der Waals surface area contributed by atoms with Crippen molar-refractivity contribution in [2.75, 3.05) is 10.6 Å². The van der Waals surface area contributed by atoms with Crippen molar-refractivity contribution in [3.05, 3.63) is 59.7 Å². The first-order valence-electron chi connectivity index (χ1n) is 7.37. The number of amides is 2. The third kappa shape index (κ3) is 4.93. The summed E-state index contributed by atoms with van der Waals surface area (Å²) in [6, 6.07) is 14.3. The van der Waals surface area contributed by atoms with E-state index in [9.17, 15) is 14.7 Å². The maximum absolute atomic E-state index is 12.1. The molecular weight excluding hydrogens is 292 g/mol. The summed E-state index contributed by atoms with van der Waals surface area (Å²) in [5.41, 5.74) is 2.83. The molecule has 0 heterocycles. The number of nitrogens with one attached hydrogen (secondary N) is 2. The van der Waals surface area contributed by atoms with E-state index in [0.717, 1.165) is 5.56 Å². The molecule has 0 aliphatic carbocycles. The third-order valence-corrected chi connectivity index (χ3v) is 3.40. The molecule has 1 atom stereocenters. The Bertz CT molecular complexity index is 699. The van der Waals surface area contributed by atoms with Gasteiger partial charge in [0.05, 0.1) is 12.5 Å². The summed E-state index contributed by atoms with van der Waals surface area (Å²) in [7, 11) is 0. The molecular formula is C18H20N2O3. The van der Waals surface area contributed by atoms with Crippen molar-refractivity contribution < 1.29 is 14.7 Å². The summed E-state index contributed by atoms with van der Waals surface area (Å²) in [6.45, 7) is 3.30. The zero-order chi connectivity index (χ0) is 16.8. The average Bonchev–Trinajstić information content (AvgIpc) is 2.51. The maximum atomic E-state index is 12.1. The Morgan fingerprint density at radius 1 is 1.09 bits per heavy atom. The molecule has 0 fully saturated rings. The molecule has 5 heteroatoms. The third-order valence-electron chi connectivity index (χ3n) is 3.40. The van der Waals surface area contributed by atoms with Crippen molar-refractivity contribution in [1.82, 2.24) is 0 Å². The van der Waals surface area contributed by atoms with E-state index in [1.165, 1.54) is 6.92 Å². The summed E-state index contributed by atoms with van der Waals surface area (Å²) >= 11 is 0. The zero-order valence-corrected chi connectivity index (χ0v) is 13.2. The number of hydrogen-bond donors (Lipinski definition) is 3. The van der Waals surface area contributed by atoms with Gasteiger partial charge < -0.3 is 15.7 Å². The molecule has 0 saturated heterocycles. The van der Waals surface area contributed by atoms with Crippen molar-refractivity contribution in [3.8, 4) is 0 Å². The lowest BCUT2D eigenvalue weighted by atomic mass is 10.1. The molecule has 3 N–H and O–H groups in total. The minimum Gasteiger partial charge on any atom is -0.388 e. The molecule has 1 unspecified atom stereocenters. The van der Waals surface area contributed by atoms with Crippen LogP contribution in [0.15, 0.2) is 48.5 Å². The van der Waals surface area contributed by atoms with Crippen LogP contribution in [0.3, 0.4) is 0 Å². The molecule has 5 nitrogen and oxygen atoms in total. The molecule has 120 valence electrons. The molecule has 0 aliphatic heterocycles. The highest BCUT2D eigenvalue weighted by Crippen LogP contribution is 2.22. The second-order valence-corrected chi connectivity index (χ2v) is 5.39. The van der Waals surface area contributed by atoms with Gasteiger partial charge in [0.1, 0.15) is 0 Å². The first-order valence-corrected chi connectivity index (χ1v) is 7.37. The number of aliphatic hydroxyl groups excluding tert-OH is 1. The van der Waals surface area contributed by atoms with Crippen LogP contribution in [0.1, 0.15) is 30.6 Å². The van der Waals surface area contributed by atoms with E-state index in [1.807, 2.05) is 31.2 Å². The van der Waals surface area contributed by atoms with Crippen LogP contribution >= 0.6 is 0 Å². The van der Waals surface area contributed by atoms with Crippen LogP contribution in [0.2, 0.25) is 0 Å². The zero-order valence-electron chi connectivity index (χ0n) is 13.2. The molecule has 2 aromatic rings. The minimum absolute atomic E-state index is 0.0344. The number of benzene rings is 2. The Morgan fingerprint density at radius 2 is 1.78 bits per heavy atom. The summed E-state index contributed by atoms with van der Waals surface area (Å²) in [5, 5.41) is 15.5. The fraction of sp³-hybridized carbons (Fsp3) is 0.222. The van der Waals surface area contributed by atoms with E-state index in [-0.39, 0.29) is 18.2 Å². The molecule has 2 aromatic carbocycles. The van der Waals surface area contributed by atoms with E-state index in [2.05, 4.69) is 10.6 Å². The van der Waals surface area contributed by atoms with Gasteiger partial charge in [-0.1, -0.05) is 36.4 Å². The normalized spacial score (nSPS) is 11.6. The lowest BCUT2D eigenvalue weighted by molar-refractivity contribution is -0.118. The molecule has 0 aromatic heterocycles. The van der Waals surface area contributed by atoms with Crippen molar-refractivity contribution in [2.24, 2.45) is 0 Å². The monoisotopic (exact) mass is 312 g/mol. The summed E-state index contributed by atoms with van der Waals surface area (Å²) in [4.78, 5) is 23.2. The van der Waals surface area contributed by atoms with E-state index in [0.29, 0.717) is 16.9 Å².